The third-order valence-electron chi connectivity index (χ3n) is 5.49. The number of nitrogens with zero attached hydrogens (tertiary/aromatic N) is 3. The van der Waals surface area contributed by atoms with E-state index in [0.717, 1.165) is 38.0 Å². The van der Waals surface area contributed by atoms with E-state index >= 15 is 0 Å². The minimum absolute atomic E-state index is 0.156. The quantitative estimate of drug-likeness (QED) is 0.810. The van der Waals surface area contributed by atoms with Gasteiger partial charge in [-0.3, -0.25) is 4.98 Å². The number of rotatable bonds is 3. The molecule has 27 heavy (non-hydrogen) atoms. The van der Waals surface area contributed by atoms with Crippen LogP contribution in [0.4, 0.5) is 0 Å². The van der Waals surface area contributed by atoms with Crippen LogP contribution in [-0.4, -0.2) is 54.4 Å². The zero-order chi connectivity index (χ0) is 18.9. The first-order chi connectivity index (χ1) is 13.1. The Kier molecular flexibility index (Phi) is 5.16. The Morgan fingerprint density at radius 1 is 1.15 bits per heavy atom. The SMILES string of the molecule is CCN1CC[C@@H]2Oc3ccccc3S(=O)(=O)N(Cc3cccnc3)[C@H]2CC1. The molecule has 6 nitrogen and oxygen atoms in total. The number of sulfonamides is 1. The maximum atomic E-state index is 13.6. The summed E-state index contributed by atoms with van der Waals surface area (Å²) < 4.78 is 35.0. The van der Waals surface area contributed by atoms with Crippen molar-refractivity contribution in [2.75, 3.05) is 19.6 Å². The molecule has 1 saturated heterocycles. The predicted molar refractivity (Wildman–Crippen MR) is 103 cm³/mol. The zero-order valence-electron chi connectivity index (χ0n) is 15.5. The van der Waals surface area contributed by atoms with E-state index in [9.17, 15) is 8.42 Å². The van der Waals surface area contributed by atoms with E-state index in [0.29, 0.717) is 12.3 Å². The fourth-order valence-electron chi connectivity index (χ4n) is 4.00. The Balaban J connectivity index is 1.78. The van der Waals surface area contributed by atoms with Gasteiger partial charge in [0.1, 0.15) is 16.7 Å². The van der Waals surface area contributed by atoms with Crippen molar-refractivity contribution in [2.45, 2.75) is 43.4 Å². The van der Waals surface area contributed by atoms with Gasteiger partial charge < -0.3 is 9.64 Å². The van der Waals surface area contributed by atoms with Gasteiger partial charge in [0.15, 0.2) is 0 Å². The maximum Gasteiger partial charge on any atom is 0.247 e. The average Bonchev–Trinajstić information content (AvgIpc) is 2.93. The van der Waals surface area contributed by atoms with Crippen LogP contribution in [0.25, 0.3) is 0 Å². The van der Waals surface area contributed by atoms with Gasteiger partial charge >= 0.3 is 0 Å². The lowest BCUT2D eigenvalue weighted by atomic mass is 10.1. The van der Waals surface area contributed by atoms with Crippen LogP contribution in [0.15, 0.2) is 53.7 Å². The number of aromatic nitrogens is 1. The molecule has 0 saturated carbocycles. The summed E-state index contributed by atoms with van der Waals surface area (Å²) in [6.07, 6.45) is 4.85. The monoisotopic (exact) mass is 387 g/mol. The number of hydrogen-bond acceptors (Lipinski definition) is 5. The zero-order valence-corrected chi connectivity index (χ0v) is 16.3. The molecular formula is C20H25N3O3S. The Labute approximate surface area is 160 Å². The van der Waals surface area contributed by atoms with Gasteiger partial charge in [0, 0.05) is 25.5 Å². The minimum atomic E-state index is -3.67. The van der Waals surface area contributed by atoms with Gasteiger partial charge in [-0.05, 0) is 49.7 Å². The second-order valence-electron chi connectivity index (χ2n) is 7.09. The summed E-state index contributed by atoms with van der Waals surface area (Å²) in [5.74, 6) is 0.464. The number of ether oxygens (including phenoxy) is 1. The summed E-state index contributed by atoms with van der Waals surface area (Å²) in [7, 11) is -3.67. The van der Waals surface area contributed by atoms with E-state index in [1.54, 1.807) is 34.9 Å². The predicted octanol–water partition coefficient (Wildman–Crippen LogP) is 2.52. The number of fused-ring (bicyclic) bond motifs is 2. The molecule has 0 unspecified atom stereocenters. The van der Waals surface area contributed by atoms with Gasteiger partial charge in [-0.25, -0.2) is 8.42 Å². The van der Waals surface area contributed by atoms with Crippen LogP contribution in [-0.2, 0) is 16.6 Å². The molecule has 2 aromatic rings. The van der Waals surface area contributed by atoms with Crippen molar-refractivity contribution < 1.29 is 13.2 Å². The molecule has 144 valence electrons. The first-order valence-corrected chi connectivity index (χ1v) is 10.9. The van der Waals surface area contributed by atoms with Crippen molar-refractivity contribution >= 4 is 10.0 Å². The molecule has 0 spiro atoms. The highest BCUT2D eigenvalue weighted by molar-refractivity contribution is 7.89. The highest BCUT2D eigenvalue weighted by Gasteiger charge is 2.43. The lowest BCUT2D eigenvalue weighted by Gasteiger charge is -2.31. The molecule has 2 atom stereocenters. The second kappa shape index (κ2) is 7.58. The van der Waals surface area contributed by atoms with Gasteiger partial charge in [0.05, 0.1) is 6.04 Å². The van der Waals surface area contributed by atoms with Crippen LogP contribution in [0.5, 0.6) is 5.75 Å². The van der Waals surface area contributed by atoms with Crippen molar-refractivity contribution in [3.8, 4) is 5.75 Å². The maximum absolute atomic E-state index is 13.6. The Bertz CT molecular complexity index is 888. The van der Waals surface area contributed by atoms with Crippen LogP contribution < -0.4 is 4.74 Å². The molecule has 3 heterocycles. The van der Waals surface area contributed by atoms with Crippen LogP contribution >= 0.6 is 0 Å². The Morgan fingerprint density at radius 3 is 2.74 bits per heavy atom. The smallest absolute Gasteiger partial charge is 0.247 e. The van der Waals surface area contributed by atoms with E-state index in [4.69, 9.17) is 4.74 Å². The molecule has 0 radical (unpaired) electrons. The highest BCUT2D eigenvalue weighted by Crippen LogP contribution is 2.37. The van der Waals surface area contributed by atoms with E-state index in [-0.39, 0.29) is 17.0 Å². The molecule has 0 bridgehead atoms. The molecule has 4 rings (SSSR count). The van der Waals surface area contributed by atoms with Crippen LogP contribution in [0, 0.1) is 0 Å². The summed E-state index contributed by atoms with van der Waals surface area (Å²) in [6.45, 7) is 5.20. The first-order valence-electron chi connectivity index (χ1n) is 9.48. The molecule has 7 heteroatoms. The van der Waals surface area contributed by atoms with E-state index in [2.05, 4.69) is 16.8 Å². The van der Waals surface area contributed by atoms with Gasteiger partial charge in [-0.2, -0.15) is 4.31 Å². The summed E-state index contributed by atoms with van der Waals surface area (Å²) >= 11 is 0. The molecule has 1 fully saturated rings. The van der Waals surface area contributed by atoms with Gasteiger partial charge in [-0.1, -0.05) is 25.1 Å². The fraction of sp³-hybridized carbons (Fsp3) is 0.450. The van der Waals surface area contributed by atoms with Gasteiger partial charge in [0.25, 0.3) is 0 Å². The van der Waals surface area contributed by atoms with Gasteiger partial charge in [0.2, 0.25) is 10.0 Å². The Morgan fingerprint density at radius 2 is 1.96 bits per heavy atom. The second-order valence-corrected chi connectivity index (χ2v) is 8.95. The number of para-hydroxylation sites is 1. The van der Waals surface area contributed by atoms with Crippen molar-refractivity contribution in [3.05, 3.63) is 54.4 Å². The topological polar surface area (TPSA) is 62.7 Å². The van der Waals surface area contributed by atoms with Crippen LogP contribution in [0.1, 0.15) is 25.3 Å². The summed E-state index contributed by atoms with van der Waals surface area (Å²) in [6, 6.07) is 10.6. The van der Waals surface area contributed by atoms with E-state index < -0.39 is 10.0 Å². The summed E-state index contributed by atoms with van der Waals surface area (Å²) in [5, 5.41) is 0. The number of pyridine rings is 1. The minimum Gasteiger partial charge on any atom is -0.487 e. The van der Waals surface area contributed by atoms with Crippen LogP contribution in [0.3, 0.4) is 0 Å². The van der Waals surface area contributed by atoms with E-state index in [1.807, 2.05) is 18.2 Å². The highest BCUT2D eigenvalue weighted by atomic mass is 32.2. The number of hydrogen-bond donors (Lipinski definition) is 0. The fourth-order valence-corrected chi connectivity index (χ4v) is 5.79. The van der Waals surface area contributed by atoms with Crippen LogP contribution in [0.2, 0.25) is 0 Å². The lowest BCUT2D eigenvalue weighted by Crippen LogP contribution is -2.46. The molecule has 2 aliphatic rings. The molecular weight excluding hydrogens is 362 g/mol. The number of likely N-dealkylation sites (tertiary alicyclic amines) is 1. The normalized spacial score (nSPS) is 25.5. The molecule has 0 amide bonds. The molecule has 1 aromatic heterocycles. The van der Waals surface area contributed by atoms with Crippen molar-refractivity contribution in [2.24, 2.45) is 0 Å². The number of benzene rings is 1. The van der Waals surface area contributed by atoms with Crippen molar-refractivity contribution in [3.63, 3.8) is 0 Å². The third kappa shape index (κ3) is 3.59. The molecule has 2 aliphatic heterocycles. The molecule has 1 aromatic carbocycles. The molecule has 0 aliphatic carbocycles. The lowest BCUT2D eigenvalue weighted by molar-refractivity contribution is 0.110. The summed E-state index contributed by atoms with van der Waals surface area (Å²) in [5.41, 5.74) is 0.885. The Hall–Kier alpha value is -1.96. The third-order valence-corrected chi connectivity index (χ3v) is 7.40. The van der Waals surface area contributed by atoms with Crippen molar-refractivity contribution in [1.29, 1.82) is 0 Å². The first kappa shape index (κ1) is 18.4. The van der Waals surface area contributed by atoms with Gasteiger partial charge in [-0.15, -0.1) is 0 Å². The molecule has 0 N–H and O–H groups in total. The standard InChI is InChI=1S/C20H25N3O3S/c1-2-22-12-9-17-18(10-13-22)26-19-7-3-4-8-20(19)27(24,25)23(17)15-16-6-5-11-21-14-16/h3-8,11,14,17-18H,2,9-10,12-13,15H2,1H3/t17-,18-/m0/s1. The average molecular weight is 388 g/mol. The largest absolute Gasteiger partial charge is 0.487 e. The van der Waals surface area contributed by atoms with Crippen molar-refractivity contribution in [1.82, 2.24) is 14.2 Å². The summed E-state index contributed by atoms with van der Waals surface area (Å²) in [4.78, 5) is 6.77. The van der Waals surface area contributed by atoms with E-state index in [1.165, 1.54) is 0 Å².